The first-order valence-corrected chi connectivity index (χ1v) is 7.06. The summed E-state index contributed by atoms with van der Waals surface area (Å²) in [4.78, 5) is 20.0. The molecule has 0 unspecified atom stereocenters. The van der Waals surface area contributed by atoms with Gasteiger partial charge in [0.25, 0.3) is 0 Å². The maximum absolute atomic E-state index is 13.4. The summed E-state index contributed by atoms with van der Waals surface area (Å²) in [7, 11) is 0. The van der Waals surface area contributed by atoms with Crippen molar-refractivity contribution in [3.8, 4) is 0 Å². The first kappa shape index (κ1) is 16.2. The second-order valence-electron chi connectivity index (χ2n) is 5.26. The summed E-state index contributed by atoms with van der Waals surface area (Å²) in [5, 5.41) is 1.87. The third-order valence-electron chi connectivity index (χ3n) is 3.69. The maximum Gasteiger partial charge on any atom is 0.471 e. The number of hydrogen-bond donors (Lipinski definition) is 1. The molecule has 1 aliphatic rings. The lowest BCUT2D eigenvalue weighted by Crippen LogP contribution is -2.44. The first-order valence-electron chi connectivity index (χ1n) is 7.06. The summed E-state index contributed by atoms with van der Waals surface area (Å²) >= 11 is 0. The minimum absolute atomic E-state index is 0.221. The molecule has 1 N–H and O–H groups in total. The zero-order valence-electron chi connectivity index (χ0n) is 12.2. The number of benzene rings is 1. The van der Waals surface area contributed by atoms with Gasteiger partial charge in [0.05, 0.1) is 6.04 Å². The molecule has 1 amide bonds. The van der Waals surface area contributed by atoms with Gasteiger partial charge in [-0.25, -0.2) is 9.97 Å². The van der Waals surface area contributed by atoms with Gasteiger partial charge < -0.3 is 10.2 Å². The number of carbonyl (C=O) groups excluding carboxylic acids is 1. The quantitative estimate of drug-likeness (QED) is 0.688. The third kappa shape index (κ3) is 3.15. The lowest BCUT2D eigenvalue weighted by atomic mass is 10.1. The van der Waals surface area contributed by atoms with E-state index in [9.17, 15) is 22.4 Å². The van der Waals surface area contributed by atoms with Crippen LogP contribution in [0.1, 0.15) is 5.56 Å². The highest BCUT2D eigenvalue weighted by Crippen LogP contribution is 2.37. The van der Waals surface area contributed by atoms with E-state index in [1.54, 1.807) is 23.1 Å². The van der Waals surface area contributed by atoms with Crippen molar-refractivity contribution in [2.45, 2.75) is 18.6 Å². The lowest BCUT2D eigenvalue weighted by molar-refractivity contribution is -0.173. The number of hydrogen-bond acceptors (Lipinski definition) is 4. The molecule has 3 rings (SSSR count). The fourth-order valence-electron chi connectivity index (χ4n) is 2.70. The van der Waals surface area contributed by atoms with Crippen molar-refractivity contribution in [3.05, 3.63) is 48.2 Å². The van der Waals surface area contributed by atoms with E-state index in [0.29, 0.717) is 12.1 Å². The topological polar surface area (TPSA) is 58.1 Å². The number of carbonyl (C=O) groups is 1. The third-order valence-corrected chi connectivity index (χ3v) is 3.69. The first-order chi connectivity index (χ1) is 11.4. The number of para-hydroxylation sites is 1. The van der Waals surface area contributed by atoms with Gasteiger partial charge in [-0.15, -0.1) is 0 Å². The lowest BCUT2D eigenvalue weighted by Gasteiger charge is -2.26. The molecule has 0 saturated heterocycles. The molecular formula is C15H12F4N4O. The predicted octanol–water partition coefficient (Wildman–Crippen LogP) is 2.36. The molecule has 2 heterocycles. The molecule has 0 fully saturated rings. The molecule has 2 aromatic rings. The molecule has 1 aliphatic heterocycles. The molecule has 1 atom stereocenters. The van der Waals surface area contributed by atoms with Gasteiger partial charge >= 0.3 is 12.1 Å². The van der Waals surface area contributed by atoms with E-state index in [4.69, 9.17) is 0 Å². The normalized spacial score (nSPS) is 16.8. The summed E-state index contributed by atoms with van der Waals surface area (Å²) in [6, 6.07) is 7.74. The van der Waals surface area contributed by atoms with E-state index >= 15 is 0 Å². The Morgan fingerprint density at radius 3 is 2.75 bits per heavy atom. The van der Waals surface area contributed by atoms with Gasteiger partial charge in [0, 0.05) is 18.3 Å². The van der Waals surface area contributed by atoms with Crippen molar-refractivity contribution in [1.29, 1.82) is 0 Å². The maximum atomic E-state index is 13.4. The van der Waals surface area contributed by atoms with Gasteiger partial charge in [-0.3, -0.25) is 4.79 Å². The molecule has 24 heavy (non-hydrogen) atoms. The number of fused-ring (bicyclic) bond motifs is 1. The number of amides is 1. The molecule has 0 saturated carbocycles. The molecule has 0 radical (unpaired) electrons. The predicted molar refractivity (Wildman–Crippen MR) is 77.1 cm³/mol. The van der Waals surface area contributed by atoms with Crippen molar-refractivity contribution in [2.24, 2.45) is 0 Å². The van der Waals surface area contributed by atoms with Gasteiger partial charge in [0.1, 0.15) is 12.1 Å². The monoisotopic (exact) mass is 340 g/mol. The van der Waals surface area contributed by atoms with E-state index < -0.39 is 24.1 Å². The average Bonchev–Trinajstić information content (AvgIpc) is 2.90. The number of rotatable bonds is 3. The highest BCUT2D eigenvalue weighted by Gasteiger charge is 2.40. The largest absolute Gasteiger partial charge is 0.471 e. The average molecular weight is 340 g/mol. The van der Waals surface area contributed by atoms with Crippen LogP contribution in [-0.4, -0.2) is 34.6 Å². The minimum atomic E-state index is -4.95. The van der Waals surface area contributed by atoms with Crippen molar-refractivity contribution in [3.63, 3.8) is 0 Å². The Morgan fingerprint density at radius 2 is 2.04 bits per heavy atom. The van der Waals surface area contributed by atoms with E-state index in [-0.39, 0.29) is 12.4 Å². The van der Waals surface area contributed by atoms with Crippen molar-refractivity contribution in [1.82, 2.24) is 15.3 Å². The molecule has 0 bridgehead atoms. The standard InChI is InChI=1S/C15H12F4N4O/c16-12-6-13(22-8-21-12)23-10(7-20-14(24)15(17,18)19)5-9-3-1-2-4-11(9)23/h1-4,6,8,10H,5,7H2,(H,20,24)/t10-/m0/s1. The minimum Gasteiger partial charge on any atom is -0.346 e. The number of halogens is 4. The summed E-state index contributed by atoms with van der Waals surface area (Å²) in [6.45, 7) is -0.251. The van der Waals surface area contributed by atoms with Crippen LogP contribution in [0.25, 0.3) is 0 Å². The van der Waals surface area contributed by atoms with Crippen molar-refractivity contribution < 1.29 is 22.4 Å². The fourth-order valence-corrected chi connectivity index (χ4v) is 2.70. The number of nitrogens with zero attached hydrogens (tertiary/aromatic N) is 3. The number of anilines is 2. The SMILES string of the molecule is O=C(NC[C@@H]1Cc2ccccc2N1c1cc(F)ncn1)C(F)(F)F. The molecule has 1 aromatic heterocycles. The van der Waals surface area contributed by atoms with Crippen molar-refractivity contribution in [2.75, 3.05) is 11.4 Å². The zero-order chi connectivity index (χ0) is 17.3. The molecule has 0 spiro atoms. The highest BCUT2D eigenvalue weighted by molar-refractivity contribution is 5.82. The van der Waals surface area contributed by atoms with Crippen LogP contribution in [0, 0.1) is 5.95 Å². The summed E-state index contributed by atoms with van der Waals surface area (Å²) in [5.74, 6) is -2.53. The van der Waals surface area contributed by atoms with Gasteiger partial charge in [-0.05, 0) is 18.1 Å². The van der Waals surface area contributed by atoms with E-state index in [0.717, 1.165) is 18.0 Å². The number of nitrogens with one attached hydrogen (secondary N) is 1. The molecule has 9 heteroatoms. The molecule has 5 nitrogen and oxygen atoms in total. The van der Waals surface area contributed by atoms with Crippen LogP contribution in [0.15, 0.2) is 36.7 Å². The van der Waals surface area contributed by atoms with Crippen LogP contribution in [0.3, 0.4) is 0 Å². The Hall–Kier alpha value is -2.71. The molecule has 0 aliphatic carbocycles. The molecule has 126 valence electrons. The second kappa shape index (κ2) is 6.06. The van der Waals surface area contributed by atoms with Crippen LogP contribution in [-0.2, 0) is 11.2 Å². The van der Waals surface area contributed by atoms with Gasteiger partial charge in [0.2, 0.25) is 5.95 Å². The van der Waals surface area contributed by atoms with E-state index in [2.05, 4.69) is 9.97 Å². The Balaban J connectivity index is 1.87. The summed E-state index contributed by atoms with van der Waals surface area (Å²) in [6.07, 6.45) is -3.51. The van der Waals surface area contributed by atoms with Crippen LogP contribution >= 0.6 is 0 Å². The number of alkyl halides is 3. The highest BCUT2D eigenvalue weighted by atomic mass is 19.4. The van der Waals surface area contributed by atoms with Crippen LogP contribution in [0.2, 0.25) is 0 Å². The fraction of sp³-hybridized carbons (Fsp3) is 0.267. The van der Waals surface area contributed by atoms with Crippen LogP contribution < -0.4 is 10.2 Å². The zero-order valence-corrected chi connectivity index (χ0v) is 12.2. The molecule has 1 aromatic carbocycles. The second-order valence-corrected chi connectivity index (χ2v) is 5.26. The smallest absolute Gasteiger partial charge is 0.346 e. The Bertz CT molecular complexity index is 765. The van der Waals surface area contributed by atoms with E-state index in [1.807, 2.05) is 11.4 Å². The number of aromatic nitrogens is 2. The Morgan fingerprint density at radius 1 is 1.29 bits per heavy atom. The van der Waals surface area contributed by atoms with Gasteiger partial charge in [-0.2, -0.15) is 17.6 Å². The Kier molecular flexibility index (Phi) is 4.08. The summed E-state index contributed by atoms with van der Waals surface area (Å²) in [5.41, 5.74) is 1.59. The Labute approximate surface area is 134 Å². The van der Waals surface area contributed by atoms with Gasteiger partial charge in [0.15, 0.2) is 0 Å². The summed E-state index contributed by atoms with van der Waals surface area (Å²) < 4.78 is 50.5. The molecular weight excluding hydrogens is 328 g/mol. The van der Waals surface area contributed by atoms with E-state index in [1.165, 1.54) is 0 Å². The van der Waals surface area contributed by atoms with Crippen LogP contribution in [0.4, 0.5) is 29.1 Å². The van der Waals surface area contributed by atoms with Gasteiger partial charge in [-0.1, -0.05) is 18.2 Å². The van der Waals surface area contributed by atoms with Crippen molar-refractivity contribution >= 4 is 17.4 Å². The van der Waals surface area contributed by atoms with Crippen LogP contribution in [0.5, 0.6) is 0 Å².